The van der Waals surface area contributed by atoms with Gasteiger partial charge in [-0.15, -0.1) is 10.2 Å². The van der Waals surface area contributed by atoms with Crippen LogP contribution in [-0.2, 0) is 5.60 Å². The quantitative estimate of drug-likeness (QED) is 0.807. The van der Waals surface area contributed by atoms with Gasteiger partial charge in [0.15, 0.2) is 5.65 Å². The first-order valence-corrected chi connectivity index (χ1v) is 7.01. The van der Waals surface area contributed by atoms with Gasteiger partial charge < -0.3 is 10.4 Å². The predicted octanol–water partition coefficient (Wildman–Crippen LogP) is 1.22. The Hall–Kier alpha value is -1.46. The summed E-state index contributed by atoms with van der Waals surface area (Å²) in [5.41, 5.74) is 1.10. The Balaban J connectivity index is 1.72. The molecular formula is C14H18N4O. The van der Waals surface area contributed by atoms with Gasteiger partial charge in [-0.3, -0.25) is 4.40 Å². The van der Waals surface area contributed by atoms with Gasteiger partial charge in [0, 0.05) is 23.8 Å². The number of aromatic nitrogens is 3. The molecule has 0 aromatic carbocycles. The van der Waals surface area contributed by atoms with E-state index in [0.717, 1.165) is 24.1 Å². The summed E-state index contributed by atoms with van der Waals surface area (Å²) in [5, 5.41) is 22.6. The van der Waals surface area contributed by atoms with Crippen LogP contribution in [0.5, 0.6) is 0 Å². The van der Waals surface area contributed by atoms with E-state index in [0.29, 0.717) is 12.1 Å². The maximum Gasteiger partial charge on any atom is 0.160 e. The Bertz CT molecular complexity index is 596. The molecule has 2 aliphatic heterocycles. The molecule has 0 radical (unpaired) electrons. The number of piperidine rings is 2. The molecular weight excluding hydrogens is 240 g/mol. The van der Waals surface area contributed by atoms with Crippen LogP contribution in [0.1, 0.15) is 37.7 Å². The first kappa shape index (κ1) is 11.4. The number of rotatable bonds is 1. The van der Waals surface area contributed by atoms with Gasteiger partial charge in [0.1, 0.15) is 6.33 Å². The third-order valence-electron chi connectivity index (χ3n) is 4.57. The first-order valence-electron chi connectivity index (χ1n) is 7.01. The monoisotopic (exact) mass is 258 g/mol. The second kappa shape index (κ2) is 4.02. The number of pyridine rings is 1. The third-order valence-corrected chi connectivity index (χ3v) is 4.57. The topological polar surface area (TPSA) is 62.5 Å². The standard InChI is InChI=1S/C14H18N4O/c19-14(6-11-2-1-3-12(7-14)16-11)10-4-5-13-17-15-9-18(13)8-10/h4-5,8-9,11-12,16,19H,1-3,6-7H2. The van der Waals surface area contributed by atoms with Crippen molar-refractivity contribution in [3.63, 3.8) is 0 Å². The summed E-state index contributed by atoms with van der Waals surface area (Å²) in [6, 6.07) is 4.83. The maximum absolute atomic E-state index is 11.1. The van der Waals surface area contributed by atoms with Gasteiger partial charge in [-0.2, -0.15) is 0 Å². The van der Waals surface area contributed by atoms with Gasteiger partial charge >= 0.3 is 0 Å². The van der Waals surface area contributed by atoms with Crippen LogP contribution in [0, 0.1) is 0 Å². The molecule has 2 aromatic rings. The van der Waals surface area contributed by atoms with E-state index in [1.54, 1.807) is 6.33 Å². The van der Waals surface area contributed by atoms with Crippen molar-refractivity contribution in [1.82, 2.24) is 19.9 Å². The highest BCUT2D eigenvalue weighted by atomic mass is 16.3. The molecule has 2 saturated heterocycles. The van der Waals surface area contributed by atoms with Crippen molar-refractivity contribution in [1.29, 1.82) is 0 Å². The zero-order valence-corrected chi connectivity index (χ0v) is 10.8. The lowest BCUT2D eigenvalue weighted by Crippen LogP contribution is -2.54. The smallest absolute Gasteiger partial charge is 0.160 e. The highest BCUT2D eigenvalue weighted by Gasteiger charge is 2.41. The summed E-state index contributed by atoms with van der Waals surface area (Å²) < 4.78 is 1.88. The SMILES string of the molecule is OC1(c2ccc3nncn3c2)CC2CCCC(C1)N2. The number of fused-ring (bicyclic) bond motifs is 3. The van der Waals surface area contributed by atoms with Crippen LogP contribution >= 0.6 is 0 Å². The predicted molar refractivity (Wildman–Crippen MR) is 70.7 cm³/mol. The fourth-order valence-corrected chi connectivity index (χ4v) is 3.67. The van der Waals surface area contributed by atoms with Gasteiger partial charge in [0.05, 0.1) is 5.60 Å². The minimum Gasteiger partial charge on any atom is -0.385 e. The second-order valence-electron chi connectivity index (χ2n) is 5.95. The van der Waals surface area contributed by atoms with E-state index in [9.17, 15) is 5.11 Å². The summed E-state index contributed by atoms with van der Waals surface area (Å²) in [4.78, 5) is 0. The van der Waals surface area contributed by atoms with Crippen LogP contribution in [0.4, 0.5) is 0 Å². The third kappa shape index (κ3) is 1.84. The van der Waals surface area contributed by atoms with E-state index in [1.165, 1.54) is 19.3 Å². The van der Waals surface area contributed by atoms with Crippen LogP contribution in [0.15, 0.2) is 24.7 Å². The number of hydrogen-bond acceptors (Lipinski definition) is 4. The summed E-state index contributed by atoms with van der Waals surface area (Å²) >= 11 is 0. The summed E-state index contributed by atoms with van der Waals surface area (Å²) in [6.07, 6.45) is 8.89. The molecule has 5 heteroatoms. The molecule has 2 aromatic heterocycles. The molecule has 0 aliphatic carbocycles. The molecule has 2 fully saturated rings. The van der Waals surface area contributed by atoms with Crippen molar-refractivity contribution in [2.24, 2.45) is 0 Å². The molecule has 100 valence electrons. The van der Waals surface area contributed by atoms with Crippen molar-refractivity contribution < 1.29 is 5.11 Å². The minimum absolute atomic E-state index is 0.453. The zero-order valence-electron chi connectivity index (χ0n) is 10.8. The minimum atomic E-state index is -0.709. The second-order valence-corrected chi connectivity index (χ2v) is 5.95. The molecule has 2 aliphatic rings. The lowest BCUT2D eigenvalue weighted by molar-refractivity contribution is -0.0361. The van der Waals surface area contributed by atoms with Gasteiger partial charge in [0.25, 0.3) is 0 Å². The Kier molecular flexibility index (Phi) is 2.40. The molecule has 5 nitrogen and oxygen atoms in total. The average molecular weight is 258 g/mol. The average Bonchev–Trinajstić information content (AvgIpc) is 2.85. The molecule has 4 rings (SSSR count). The fraction of sp³-hybridized carbons (Fsp3) is 0.571. The number of nitrogens with one attached hydrogen (secondary N) is 1. The maximum atomic E-state index is 11.1. The van der Waals surface area contributed by atoms with E-state index in [4.69, 9.17) is 0 Å². The van der Waals surface area contributed by atoms with Gasteiger partial charge in [0.2, 0.25) is 0 Å². The van der Waals surface area contributed by atoms with Crippen LogP contribution in [0.25, 0.3) is 5.65 Å². The summed E-state index contributed by atoms with van der Waals surface area (Å²) in [6.45, 7) is 0. The highest BCUT2D eigenvalue weighted by molar-refractivity contribution is 5.39. The van der Waals surface area contributed by atoms with E-state index in [2.05, 4.69) is 15.5 Å². The highest BCUT2D eigenvalue weighted by Crippen LogP contribution is 2.39. The Labute approximate surface area is 111 Å². The fourth-order valence-electron chi connectivity index (χ4n) is 3.67. The van der Waals surface area contributed by atoms with E-state index < -0.39 is 5.60 Å². The molecule has 2 atom stereocenters. The van der Waals surface area contributed by atoms with Gasteiger partial charge in [-0.1, -0.05) is 12.5 Å². The lowest BCUT2D eigenvalue weighted by Gasteiger charge is -2.45. The molecule has 19 heavy (non-hydrogen) atoms. The van der Waals surface area contributed by atoms with E-state index in [1.807, 2.05) is 22.7 Å². The van der Waals surface area contributed by atoms with Crippen molar-refractivity contribution in [2.45, 2.75) is 49.8 Å². The summed E-state index contributed by atoms with van der Waals surface area (Å²) in [7, 11) is 0. The molecule has 2 N–H and O–H groups in total. The lowest BCUT2D eigenvalue weighted by atomic mass is 9.74. The molecule has 2 unspecified atom stereocenters. The van der Waals surface area contributed by atoms with Gasteiger partial charge in [-0.05, 0) is 31.7 Å². The molecule has 0 saturated carbocycles. The van der Waals surface area contributed by atoms with Crippen molar-refractivity contribution in [2.75, 3.05) is 0 Å². The number of hydrogen-bond donors (Lipinski definition) is 2. The van der Waals surface area contributed by atoms with Gasteiger partial charge in [-0.25, -0.2) is 0 Å². The van der Waals surface area contributed by atoms with Crippen LogP contribution in [0.3, 0.4) is 0 Å². The largest absolute Gasteiger partial charge is 0.385 e. The Morgan fingerprint density at radius 2 is 2.05 bits per heavy atom. The Morgan fingerprint density at radius 1 is 1.26 bits per heavy atom. The number of nitrogens with zero attached hydrogens (tertiary/aromatic N) is 3. The van der Waals surface area contributed by atoms with Crippen LogP contribution < -0.4 is 5.32 Å². The van der Waals surface area contributed by atoms with E-state index >= 15 is 0 Å². The van der Waals surface area contributed by atoms with E-state index in [-0.39, 0.29) is 0 Å². The molecule has 4 heterocycles. The number of aliphatic hydroxyl groups is 1. The van der Waals surface area contributed by atoms with Crippen molar-refractivity contribution in [3.05, 3.63) is 30.2 Å². The van der Waals surface area contributed by atoms with Crippen molar-refractivity contribution >= 4 is 5.65 Å². The summed E-state index contributed by atoms with van der Waals surface area (Å²) in [5.74, 6) is 0. The molecule has 2 bridgehead atoms. The van der Waals surface area contributed by atoms with Crippen LogP contribution in [-0.4, -0.2) is 31.8 Å². The molecule has 0 spiro atoms. The molecule has 0 amide bonds. The van der Waals surface area contributed by atoms with Crippen LogP contribution in [0.2, 0.25) is 0 Å². The zero-order chi connectivity index (χ0) is 12.9. The first-order chi connectivity index (χ1) is 9.23. The normalized spacial score (nSPS) is 34.6. The Morgan fingerprint density at radius 3 is 2.84 bits per heavy atom. The van der Waals surface area contributed by atoms with Crippen molar-refractivity contribution in [3.8, 4) is 0 Å².